The number of carbonyl (C=O) groups excluding carboxylic acids is 2. The molecule has 2 heterocycles. The van der Waals surface area contributed by atoms with Crippen LogP contribution in [-0.4, -0.2) is 26.6 Å². The molecule has 0 saturated heterocycles. The number of nitrogens with zero attached hydrogens (tertiary/aromatic N) is 3. The van der Waals surface area contributed by atoms with Crippen molar-refractivity contribution in [2.24, 2.45) is 11.7 Å². The van der Waals surface area contributed by atoms with E-state index in [1.54, 1.807) is 49.6 Å². The number of hydrogen-bond donors (Lipinski definition) is 2. The summed E-state index contributed by atoms with van der Waals surface area (Å²) in [6, 6.07) is 9.37. The van der Waals surface area contributed by atoms with E-state index >= 15 is 0 Å². The number of ether oxygens (including phenoxy) is 1. The Kier molecular flexibility index (Phi) is 5.03. The number of hydrogen-bond acceptors (Lipinski definition) is 5. The van der Waals surface area contributed by atoms with Crippen molar-refractivity contribution in [2.45, 2.75) is 38.1 Å². The van der Waals surface area contributed by atoms with Gasteiger partial charge in [0.2, 0.25) is 11.8 Å². The number of rotatable bonds is 7. The Labute approximate surface area is 206 Å². The fourth-order valence-corrected chi connectivity index (χ4v) is 5.19. The molecular weight excluding hydrogens is 461 g/mol. The van der Waals surface area contributed by atoms with Gasteiger partial charge in [-0.1, -0.05) is 0 Å². The SMILES string of the molecule is Cc1cc(CC(=O)Nc2cnn(C34CC(C3)C4)c2)c(F)cc1Oc1ccnc2ccc(C(N)=O)cc12. The van der Waals surface area contributed by atoms with E-state index in [-0.39, 0.29) is 23.4 Å². The normalized spacial score (nSPS) is 19.9. The first kappa shape index (κ1) is 22.2. The molecule has 4 aromatic rings. The van der Waals surface area contributed by atoms with E-state index in [4.69, 9.17) is 10.5 Å². The van der Waals surface area contributed by atoms with Gasteiger partial charge in [-0.25, -0.2) is 4.39 Å². The molecule has 3 aliphatic carbocycles. The molecule has 3 saturated carbocycles. The van der Waals surface area contributed by atoms with Crippen molar-refractivity contribution in [1.82, 2.24) is 14.8 Å². The third-order valence-corrected chi connectivity index (χ3v) is 7.26. The number of aromatic nitrogens is 3. The number of aryl methyl sites for hydroxylation is 1. The van der Waals surface area contributed by atoms with Crippen LogP contribution in [0.3, 0.4) is 0 Å². The number of carbonyl (C=O) groups is 2. The summed E-state index contributed by atoms with van der Waals surface area (Å²) in [4.78, 5) is 28.5. The quantitative estimate of drug-likeness (QED) is 0.401. The van der Waals surface area contributed by atoms with Crippen molar-refractivity contribution in [3.05, 3.63) is 77.5 Å². The lowest BCUT2D eigenvalue weighted by molar-refractivity contribution is -0.115. The van der Waals surface area contributed by atoms with E-state index in [0.29, 0.717) is 39.2 Å². The van der Waals surface area contributed by atoms with E-state index in [0.717, 1.165) is 25.2 Å². The molecule has 2 amide bonds. The summed E-state index contributed by atoms with van der Waals surface area (Å²) in [6.07, 6.45) is 8.41. The lowest BCUT2D eigenvalue weighted by Gasteiger charge is -2.61. The summed E-state index contributed by atoms with van der Waals surface area (Å²) in [5.41, 5.74) is 8.01. The highest BCUT2D eigenvalue weighted by atomic mass is 19.1. The first-order chi connectivity index (χ1) is 17.3. The third-order valence-electron chi connectivity index (χ3n) is 7.26. The number of pyridine rings is 1. The van der Waals surface area contributed by atoms with Crippen molar-refractivity contribution in [2.75, 3.05) is 5.32 Å². The molecule has 0 atom stereocenters. The fraction of sp³-hybridized carbons (Fsp3) is 0.259. The summed E-state index contributed by atoms with van der Waals surface area (Å²) in [5.74, 6) is 0.105. The summed E-state index contributed by atoms with van der Waals surface area (Å²) >= 11 is 0. The number of nitrogens with one attached hydrogen (secondary N) is 1. The molecule has 2 aromatic carbocycles. The largest absolute Gasteiger partial charge is 0.456 e. The highest BCUT2D eigenvalue weighted by molar-refractivity contribution is 5.98. The number of benzene rings is 2. The smallest absolute Gasteiger partial charge is 0.248 e. The van der Waals surface area contributed by atoms with Gasteiger partial charge in [0.25, 0.3) is 0 Å². The summed E-state index contributed by atoms with van der Waals surface area (Å²) in [6.45, 7) is 1.78. The van der Waals surface area contributed by atoms with Crippen LogP contribution in [0, 0.1) is 18.7 Å². The molecule has 0 unspecified atom stereocenters. The third kappa shape index (κ3) is 3.77. The first-order valence-electron chi connectivity index (χ1n) is 11.8. The van der Waals surface area contributed by atoms with Gasteiger partial charge >= 0.3 is 0 Å². The van der Waals surface area contributed by atoms with Gasteiger partial charge in [-0.05, 0) is 73.6 Å². The van der Waals surface area contributed by atoms with Crippen LogP contribution in [0.1, 0.15) is 40.7 Å². The standard InChI is InChI=1S/C27H24FN5O3/c1-15-6-18(8-25(34)32-19-13-31-33(14-19)27-10-16(11-27)12-27)21(28)9-24(15)36-23-4-5-30-22-3-2-17(26(29)35)7-20(22)23/h2-7,9,13-14,16H,8,10-12H2,1H3,(H2,29,35)(H,32,34). The molecule has 3 aliphatic rings. The van der Waals surface area contributed by atoms with Crippen LogP contribution in [0.15, 0.2) is 55.0 Å². The number of primary amides is 1. The number of halogens is 1. The maximum Gasteiger partial charge on any atom is 0.248 e. The second kappa shape index (κ2) is 8.15. The Morgan fingerprint density at radius 3 is 2.72 bits per heavy atom. The topological polar surface area (TPSA) is 112 Å². The summed E-state index contributed by atoms with van der Waals surface area (Å²) in [7, 11) is 0. The highest BCUT2D eigenvalue weighted by Crippen LogP contribution is 2.62. The second-order valence-corrected chi connectivity index (χ2v) is 9.82. The monoisotopic (exact) mass is 485 g/mol. The zero-order valence-electron chi connectivity index (χ0n) is 19.6. The van der Waals surface area contributed by atoms with Gasteiger partial charge in [-0.3, -0.25) is 19.3 Å². The lowest BCUT2D eigenvalue weighted by Crippen LogP contribution is -2.59. The molecule has 0 radical (unpaired) electrons. The molecular formula is C27H24FN5O3. The number of fused-ring (bicyclic) bond motifs is 1. The van der Waals surface area contributed by atoms with Crippen molar-refractivity contribution in [1.29, 1.82) is 0 Å². The molecule has 182 valence electrons. The van der Waals surface area contributed by atoms with E-state index in [9.17, 15) is 14.0 Å². The average molecular weight is 486 g/mol. The minimum absolute atomic E-state index is 0.120. The van der Waals surface area contributed by atoms with Crippen LogP contribution in [0.2, 0.25) is 0 Å². The van der Waals surface area contributed by atoms with Gasteiger partial charge < -0.3 is 15.8 Å². The van der Waals surface area contributed by atoms with Crippen LogP contribution in [0.4, 0.5) is 10.1 Å². The highest BCUT2D eigenvalue weighted by Gasteiger charge is 2.58. The molecule has 9 heteroatoms. The van der Waals surface area contributed by atoms with Crippen LogP contribution >= 0.6 is 0 Å². The Hall–Kier alpha value is -4.27. The van der Waals surface area contributed by atoms with Gasteiger partial charge in [0.05, 0.1) is 29.4 Å². The number of amides is 2. The zero-order valence-corrected chi connectivity index (χ0v) is 19.6. The lowest BCUT2D eigenvalue weighted by atomic mass is 9.50. The van der Waals surface area contributed by atoms with Gasteiger partial charge in [0, 0.05) is 29.4 Å². The molecule has 8 nitrogen and oxygen atoms in total. The zero-order chi connectivity index (χ0) is 25.0. The van der Waals surface area contributed by atoms with Gasteiger partial charge in [0.15, 0.2) is 0 Å². The molecule has 2 aromatic heterocycles. The second-order valence-electron chi connectivity index (χ2n) is 9.82. The molecule has 7 rings (SSSR count). The minimum Gasteiger partial charge on any atom is -0.456 e. The van der Waals surface area contributed by atoms with E-state index in [1.807, 2.05) is 10.9 Å². The molecule has 3 fully saturated rings. The Morgan fingerprint density at radius 1 is 1.19 bits per heavy atom. The van der Waals surface area contributed by atoms with Gasteiger partial charge in [-0.15, -0.1) is 0 Å². The molecule has 2 bridgehead atoms. The van der Waals surface area contributed by atoms with Crippen LogP contribution in [0.5, 0.6) is 11.5 Å². The fourth-order valence-electron chi connectivity index (χ4n) is 5.19. The predicted octanol–water partition coefficient (Wildman–Crippen LogP) is 4.46. The van der Waals surface area contributed by atoms with E-state index < -0.39 is 11.7 Å². The van der Waals surface area contributed by atoms with Crippen LogP contribution in [0.25, 0.3) is 10.9 Å². The van der Waals surface area contributed by atoms with Crippen molar-refractivity contribution in [3.63, 3.8) is 0 Å². The van der Waals surface area contributed by atoms with Gasteiger partial charge in [0.1, 0.15) is 17.3 Å². The minimum atomic E-state index is -0.566. The summed E-state index contributed by atoms with van der Waals surface area (Å²) < 4.78 is 22.9. The summed E-state index contributed by atoms with van der Waals surface area (Å²) in [5, 5.41) is 7.81. The van der Waals surface area contributed by atoms with Crippen molar-refractivity contribution < 1.29 is 18.7 Å². The van der Waals surface area contributed by atoms with E-state index in [2.05, 4.69) is 15.4 Å². The predicted molar refractivity (Wildman–Crippen MR) is 131 cm³/mol. The molecule has 36 heavy (non-hydrogen) atoms. The number of nitrogens with two attached hydrogens (primary N) is 1. The maximum atomic E-state index is 15.0. The van der Waals surface area contributed by atoms with Crippen molar-refractivity contribution >= 4 is 28.4 Å². The van der Waals surface area contributed by atoms with Crippen LogP contribution < -0.4 is 15.8 Å². The van der Waals surface area contributed by atoms with Gasteiger partial charge in [-0.2, -0.15) is 5.10 Å². The average Bonchev–Trinajstić information content (AvgIpc) is 3.22. The van der Waals surface area contributed by atoms with Crippen molar-refractivity contribution in [3.8, 4) is 11.5 Å². The molecule has 0 spiro atoms. The van der Waals surface area contributed by atoms with Crippen LogP contribution in [-0.2, 0) is 16.8 Å². The Morgan fingerprint density at radius 2 is 2.00 bits per heavy atom. The first-order valence-corrected chi connectivity index (χ1v) is 11.8. The molecule has 0 aliphatic heterocycles. The maximum absolute atomic E-state index is 15.0. The Balaban J connectivity index is 1.18. The Bertz CT molecular complexity index is 1530. The van der Waals surface area contributed by atoms with E-state index in [1.165, 1.54) is 6.07 Å². The number of anilines is 1. The molecule has 3 N–H and O–H groups in total.